The fraction of sp³-hybridized carbons (Fsp3) is 0.625. The molecule has 0 heterocycles. The van der Waals surface area contributed by atoms with Crippen molar-refractivity contribution in [3.63, 3.8) is 0 Å². The predicted octanol–water partition coefficient (Wildman–Crippen LogP) is 5.01. The maximum absolute atomic E-state index is 14.7. The van der Waals surface area contributed by atoms with Crippen LogP contribution in [-0.2, 0) is 0 Å². The van der Waals surface area contributed by atoms with Crippen molar-refractivity contribution in [3.05, 3.63) is 33.0 Å². The summed E-state index contributed by atoms with van der Waals surface area (Å²) in [6, 6.07) is 3.53. The molecule has 0 fully saturated rings. The third-order valence-corrected chi connectivity index (χ3v) is 5.70. The van der Waals surface area contributed by atoms with Crippen LogP contribution < -0.4 is 5.32 Å². The maximum Gasteiger partial charge on any atom is 0.147 e. The number of hydrogen-bond acceptors (Lipinski definition) is 2. The number of rotatable bonds is 7. The SMILES string of the molecule is CCNC(c1ccc(Br)c(Cl)c1F)C(CC)(CC)N(C)C. The Labute approximate surface area is 141 Å². The Morgan fingerprint density at radius 2 is 1.86 bits per heavy atom. The zero-order valence-electron chi connectivity index (χ0n) is 13.4. The van der Waals surface area contributed by atoms with Gasteiger partial charge in [0.25, 0.3) is 0 Å². The minimum atomic E-state index is -0.342. The average Bonchev–Trinajstić information content (AvgIpc) is 2.46. The van der Waals surface area contributed by atoms with E-state index in [1.165, 1.54) is 0 Å². The molecule has 120 valence electrons. The van der Waals surface area contributed by atoms with E-state index < -0.39 is 0 Å². The number of hydrogen-bond donors (Lipinski definition) is 1. The van der Waals surface area contributed by atoms with Crippen molar-refractivity contribution in [2.45, 2.75) is 45.2 Å². The van der Waals surface area contributed by atoms with Gasteiger partial charge in [-0.2, -0.15) is 0 Å². The van der Waals surface area contributed by atoms with Gasteiger partial charge in [-0.3, -0.25) is 0 Å². The normalized spacial score (nSPS) is 13.8. The number of halogens is 3. The molecule has 0 saturated carbocycles. The Balaban J connectivity index is 3.45. The predicted molar refractivity (Wildman–Crippen MR) is 92.5 cm³/mol. The molecule has 0 amide bonds. The minimum Gasteiger partial charge on any atom is -0.309 e. The van der Waals surface area contributed by atoms with E-state index in [0.29, 0.717) is 10.0 Å². The van der Waals surface area contributed by atoms with Gasteiger partial charge < -0.3 is 10.2 Å². The molecule has 0 saturated heterocycles. The van der Waals surface area contributed by atoms with Gasteiger partial charge in [0.2, 0.25) is 0 Å². The summed E-state index contributed by atoms with van der Waals surface area (Å²) < 4.78 is 15.3. The lowest BCUT2D eigenvalue weighted by Gasteiger charge is -2.46. The van der Waals surface area contributed by atoms with Crippen molar-refractivity contribution in [3.8, 4) is 0 Å². The lowest BCUT2D eigenvalue weighted by atomic mass is 9.79. The van der Waals surface area contributed by atoms with Gasteiger partial charge in [0.15, 0.2) is 0 Å². The number of likely N-dealkylation sites (N-methyl/N-ethyl adjacent to an activating group) is 2. The van der Waals surface area contributed by atoms with Crippen molar-refractivity contribution < 1.29 is 4.39 Å². The molecular weight excluding hydrogens is 355 g/mol. The number of benzene rings is 1. The molecule has 1 aromatic carbocycles. The molecule has 1 rings (SSSR count). The van der Waals surface area contributed by atoms with E-state index in [-0.39, 0.29) is 22.4 Å². The first-order valence-electron chi connectivity index (χ1n) is 7.39. The van der Waals surface area contributed by atoms with E-state index >= 15 is 0 Å². The van der Waals surface area contributed by atoms with Crippen LogP contribution in [0.1, 0.15) is 45.2 Å². The van der Waals surface area contributed by atoms with Crippen LogP contribution in [0.15, 0.2) is 16.6 Å². The third-order valence-electron chi connectivity index (χ3n) is 4.44. The summed E-state index contributed by atoms with van der Waals surface area (Å²) in [5, 5.41) is 3.60. The van der Waals surface area contributed by atoms with Gasteiger partial charge in [-0.15, -0.1) is 0 Å². The van der Waals surface area contributed by atoms with Crippen molar-refractivity contribution in [2.24, 2.45) is 0 Å². The van der Waals surface area contributed by atoms with Crippen LogP contribution in [-0.4, -0.2) is 31.1 Å². The molecule has 21 heavy (non-hydrogen) atoms. The number of nitrogens with zero attached hydrogens (tertiary/aromatic N) is 1. The zero-order chi connectivity index (χ0) is 16.2. The van der Waals surface area contributed by atoms with E-state index in [2.05, 4.69) is 54.1 Å². The Bertz CT molecular complexity index is 476. The van der Waals surface area contributed by atoms with Gasteiger partial charge in [0.05, 0.1) is 11.1 Å². The molecule has 0 bridgehead atoms. The van der Waals surface area contributed by atoms with Gasteiger partial charge in [-0.05, 0) is 55.5 Å². The largest absolute Gasteiger partial charge is 0.309 e. The summed E-state index contributed by atoms with van der Waals surface area (Å²) in [5.41, 5.74) is 0.469. The van der Waals surface area contributed by atoms with Crippen LogP contribution in [0.2, 0.25) is 5.02 Å². The van der Waals surface area contributed by atoms with Crippen LogP contribution in [0, 0.1) is 5.82 Å². The van der Waals surface area contributed by atoms with E-state index in [9.17, 15) is 4.39 Å². The van der Waals surface area contributed by atoms with Crippen molar-refractivity contribution >= 4 is 27.5 Å². The summed E-state index contributed by atoms with van der Waals surface area (Å²) in [6.45, 7) is 7.10. The van der Waals surface area contributed by atoms with E-state index in [4.69, 9.17) is 11.6 Å². The van der Waals surface area contributed by atoms with Gasteiger partial charge in [-0.1, -0.05) is 38.4 Å². The molecule has 0 aromatic heterocycles. The molecule has 1 aromatic rings. The quantitative estimate of drug-likeness (QED) is 0.670. The fourth-order valence-electron chi connectivity index (χ4n) is 3.11. The summed E-state index contributed by atoms with van der Waals surface area (Å²) in [6.07, 6.45) is 1.84. The third kappa shape index (κ3) is 3.61. The molecule has 1 atom stereocenters. The fourth-order valence-corrected chi connectivity index (χ4v) is 3.58. The minimum absolute atomic E-state index is 0.113. The van der Waals surface area contributed by atoms with E-state index in [1.54, 1.807) is 0 Å². The first-order chi connectivity index (χ1) is 9.85. The van der Waals surface area contributed by atoms with Gasteiger partial charge in [0, 0.05) is 15.6 Å². The molecule has 1 N–H and O–H groups in total. The highest BCUT2D eigenvalue weighted by Crippen LogP contribution is 2.39. The monoisotopic (exact) mass is 378 g/mol. The van der Waals surface area contributed by atoms with E-state index in [1.807, 2.05) is 19.1 Å². The topological polar surface area (TPSA) is 15.3 Å². The van der Waals surface area contributed by atoms with Crippen LogP contribution in [0.4, 0.5) is 4.39 Å². The van der Waals surface area contributed by atoms with Crippen LogP contribution in [0.25, 0.3) is 0 Å². The zero-order valence-corrected chi connectivity index (χ0v) is 15.8. The molecule has 0 aliphatic carbocycles. The van der Waals surface area contributed by atoms with Crippen LogP contribution >= 0.6 is 27.5 Å². The molecule has 0 spiro atoms. The van der Waals surface area contributed by atoms with Crippen LogP contribution in [0.5, 0.6) is 0 Å². The molecule has 0 aliphatic heterocycles. The summed E-state index contributed by atoms with van der Waals surface area (Å²) >= 11 is 9.36. The van der Waals surface area contributed by atoms with Crippen LogP contribution in [0.3, 0.4) is 0 Å². The Morgan fingerprint density at radius 3 is 2.29 bits per heavy atom. The first kappa shape index (κ1) is 18.9. The first-order valence-corrected chi connectivity index (χ1v) is 8.56. The second kappa shape index (κ2) is 7.91. The second-order valence-electron chi connectivity index (χ2n) is 5.46. The summed E-state index contributed by atoms with van der Waals surface area (Å²) in [7, 11) is 4.10. The van der Waals surface area contributed by atoms with Gasteiger partial charge in [-0.25, -0.2) is 4.39 Å². The lowest BCUT2D eigenvalue weighted by Crippen LogP contribution is -2.53. The van der Waals surface area contributed by atoms with Gasteiger partial charge in [0.1, 0.15) is 5.82 Å². The standard InChI is InChI=1S/C16H25BrClFN2/c1-6-16(7-2,21(4)5)15(20-8-3)11-9-10-12(17)13(18)14(11)19/h9-10,15,20H,6-8H2,1-5H3. The Morgan fingerprint density at radius 1 is 1.29 bits per heavy atom. The highest BCUT2D eigenvalue weighted by Gasteiger charge is 2.40. The Hall–Kier alpha value is -0.160. The molecule has 1 unspecified atom stereocenters. The molecule has 5 heteroatoms. The van der Waals surface area contributed by atoms with Crippen molar-refractivity contribution in [1.29, 1.82) is 0 Å². The average molecular weight is 380 g/mol. The number of nitrogens with one attached hydrogen (secondary N) is 1. The Kier molecular flexibility index (Phi) is 7.11. The summed E-state index contributed by atoms with van der Waals surface area (Å²) in [5.74, 6) is -0.342. The molecule has 2 nitrogen and oxygen atoms in total. The second-order valence-corrected chi connectivity index (χ2v) is 6.69. The summed E-state index contributed by atoms with van der Waals surface area (Å²) in [4.78, 5) is 2.19. The lowest BCUT2D eigenvalue weighted by molar-refractivity contribution is 0.0872. The highest BCUT2D eigenvalue weighted by atomic mass is 79.9. The van der Waals surface area contributed by atoms with E-state index in [0.717, 1.165) is 19.4 Å². The van der Waals surface area contributed by atoms with Crippen molar-refractivity contribution in [1.82, 2.24) is 10.2 Å². The molecule has 0 radical (unpaired) electrons. The molecular formula is C16H25BrClFN2. The van der Waals surface area contributed by atoms with Crippen molar-refractivity contribution in [2.75, 3.05) is 20.6 Å². The molecule has 0 aliphatic rings. The highest BCUT2D eigenvalue weighted by molar-refractivity contribution is 9.10. The maximum atomic E-state index is 14.7. The van der Waals surface area contributed by atoms with Gasteiger partial charge >= 0.3 is 0 Å². The smallest absolute Gasteiger partial charge is 0.147 e.